The average Bonchev–Trinajstić information content (AvgIpc) is 2.26. The third-order valence-corrected chi connectivity index (χ3v) is 4.36. The molecule has 1 aromatic carbocycles. The SMILES string of the molecule is NCCNS(=O)(=O)c1cc(C(=O)O)ccc1Br. The van der Waals surface area contributed by atoms with Gasteiger partial charge in [-0.2, -0.15) is 0 Å². The molecule has 0 aliphatic carbocycles. The predicted molar refractivity (Wildman–Crippen MR) is 65.3 cm³/mol. The zero-order chi connectivity index (χ0) is 13.1. The molecule has 1 rings (SSSR count). The van der Waals surface area contributed by atoms with Gasteiger partial charge in [-0.3, -0.25) is 0 Å². The van der Waals surface area contributed by atoms with E-state index in [1.165, 1.54) is 12.1 Å². The van der Waals surface area contributed by atoms with Crippen LogP contribution in [0.2, 0.25) is 0 Å². The van der Waals surface area contributed by atoms with E-state index in [4.69, 9.17) is 10.8 Å². The molecular formula is C9H11BrN2O4S. The first-order valence-electron chi connectivity index (χ1n) is 4.61. The highest BCUT2D eigenvalue weighted by molar-refractivity contribution is 9.10. The van der Waals surface area contributed by atoms with Crippen molar-refractivity contribution < 1.29 is 18.3 Å². The molecule has 0 unspecified atom stereocenters. The van der Waals surface area contributed by atoms with E-state index in [1.54, 1.807) is 0 Å². The molecule has 1 aromatic rings. The van der Waals surface area contributed by atoms with Gasteiger partial charge in [0.2, 0.25) is 10.0 Å². The number of carboxylic acid groups (broad SMARTS) is 1. The first-order chi connectivity index (χ1) is 7.88. The van der Waals surface area contributed by atoms with Gasteiger partial charge >= 0.3 is 5.97 Å². The van der Waals surface area contributed by atoms with Gasteiger partial charge in [-0.15, -0.1) is 0 Å². The Labute approximate surface area is 107 Å². The first-order valence-corrected chi connectivity index (χ1v) is 6.88. The van der Waals surface area contributed by atoms with Crippen LogP contribution in [-0.4, -0.2) is 32.6 Å². The molecule has 0 heterocycles. The molecule has 0 aliphatic heterocycles. The van der Waals surface area contributed by atoms with Crippen LogP contribution in [0.15, 0.2) is 27.6 Å². The fourth-order valence-corrected chi connectivity index (χ4v) is 3.15. The van der Waals surface area contributed by atoms with E-state index in [-0.39, 0.29) is 23.5 Å². The topological polar surface area (TPSA) is 109 Å². The lowest BCUT2D eigenvalue weighted by molar-refractivity contribution is 0.0696. The van der Waals surface area contributed by atoms with E-state index in [0.29, 0.717) is 4.47 Å². The fraction of sp³-hybridized carbons (Fsp3) is 0.222. The van der Waals surface area contributed by atoms with Crippen molar-refractivity contribution in [1.29, 1.82) is 0 Å². The Morgan fingerprint density at radius 1 is 1.47 bits per heavy atom. The molecule has 0 saturated carbocycles. The van der Waals surface area contributed by atoms with Crippen molar-refractivity contribution in [2.24, 2.45) is 5.73 Å². The number of benzene rings is 1. The lowest BCUT2D eigenvalue weighted by Crippen LogP contribution is -2.29. The molecule has 0 saturated heterocycles. The van der Waals surface area contributed by atoms with Crippen LogP contribution in [0.3, 0.4) is 0 Å². The summed E-state index contributed by atoms with van der Waals surface area (Å²) in [6.45, 7) is 0.252. The van der Waals surface area contributed by atoms with Crippen molar-refractivity contribution in [2.75, 3.05) is 13.1 Å². The number of hydrogen-bond acceptors (Lipinski definition) is 4. The minimum Gasteiger partial charge on any atom is -0.478 e. The molecule has 0 aromatic heterocycles. The minimum absolute atomic E-state index is 0.0894. The highest BCUT2D eigenvalue weighted by Crippen LogP contribution is 2.23. The van der Waals surface area contributed by atoms with Gasteiger partial charge in [0.25, 0.3) is 0 Å². The van der Waals surface area contributed by atoms with Gasteiger partial charge in [0.15, 0.2) is 0 Å². The van der Waals surface area contributed by atoms with Crippen LogP contribution in [0.4, 0.5) is 0 Å². The van der Waals surface area contributed by atoms with E-state index in [9.17, 15) is 13.2 Å². The van der Waals surface area contributed by atoms with Gasteiger partial charge < -0.3 is 10.8 Å². The number of sulfonamides is 1. The number of nitrogens with two attached hydrogens (primary N) is 1. The Kier molecular flexibility index (Phi) is 4.63. The van der Waals surface area contributed by atoms with Crippen LogP contribution in [-0.2, 0) is 10.0 Å². The average molecular weight is 323 g/mol. The second-order valence-electron chi connectivity index (χ2n) is 3.14. The van der Waals surface area contributed by atoms with Gasteiger partial charge in [-0.25, -0.2) is 17.9 Å². The number of aromatic carboxylic acids is 1. The van der Waals surface area contributed by atoms with Gasteiger partial charge in [0, 0.05) is 17.6 Å². The van der Waals surface area contributed by atoms with Crippen molar-refractivity contribution in [3.63, 3.8) is 0 Å². The van der Waals surface area contributed by atoms with E-state index in [2.05, 4.69) is 20.7 Å². The van der Waals surface area contributed by atoms with E-state index < -0.39 is 16.0 Å². The van der Waals surface area contributed by atoms with Crippen LogP contribution in [0.1, 0.15) is 10.4 Å². The van der Waals surface area contributed by atoms with Crippen molar-refractivity contribution >= 4 is 31.9 Å². The smallest absolute Gasteiger partial charge is 0.335 e. The number of halogens is 1. The summed E-state index contributed by atoms with van der Waals surface area (Å²) >= 11 is 3.06. The van der Waals surface area contributed by atoms with E-state index in [0.717, 1.165) is 6.07 Å². The highest BCUT2D eigenvalue weighted by Gasteiger charge is 2.18. The van der Waals surface area contributed by atoms with Crippen LogP contribution < -0.4 is 10.5 Å². The summed E-state index contributed by atoms with van der Waals surface area (Å²) in [7, 11) is -3.75. The number of carbonyl (C=O) groups is 1. The van der Waals surface area contributed by atoms with E-state index in [1.807, 2.05) is 0 Å². The molecule has 8 heteroatoms. The lowest BCUT2D eigenvalue weighted by Gasteiger charge is -2.08. The van der Waals surface area contributed by atoms with Crippen molar-refractivity contribution in [3.8, 4) is 0 Å². The van der Waals surface area contributed by atoms with Crippen LogP contribution in [0.5, 0.6) is 0 Å². The van der Waals surface area contributed by atoms with Crippen LogP contribution in [0.25, 0.3) is 0 Å². The van der Waals surface area contributed by atoms with Crippen molar-refractivity contribution in [3.05, 3.63) is 28.2 Å². The molecule has 0 amide bonds. The standard InChI is InChI=1S/C9H11BrN2O4S/c10-7-2-1-6(9(13)14)5-8(7)17(15,16)12-4-3-11/h1-2,5,12H,3-4,11H2,(H,13,14). The number of carboxylic acids is 1. The molecular weight excluding hydrogens is 312 g/mol. The Morgan fingerprint density at radius 3 is 2.65 bits per heavy atom. The maximum atomic E-state index is 11.8. The molecule has 4 N–H and O–H groups in total. The largest absolute Gasteiger partial charge is 0.478 e. The molecule has 94 valence electrons. The van der Waals surface area contributed by atoms with E-state index >= 15 is 0 Å². The fourth-order valence-electron chi connectivity index (χ4n) is 1.11. The Bertz CT molecular complexity index is 530. The van der Waals surface area contributed by atoms with Gasteiger partial charge in [0.1, 0.15) is 0 Å². The van der Waals surface area contributed by atoms with Gasteiger partial charge in [-0.1, -0.05) is 0 Å². The Balaban J connectivity index is 3.20. The van der Waals surface area contributed by atoms with Crippen molar-refractivity contribution in [1.82, 2.24) is 4.72 Å². The third kappa shape index (κ3) is 3.50. The number of rotatable bonds is 5. The lowest BCUT2D eigenvalue weighted by atomic mass is 10.2. The van der Waals surface area contributed by atoms with Gasteiger partial charge in [-0.05, 0) is 34.1 Å². The summed E-state index contributed by atoms with van der Waals surface area (Å²) in [5.74, 6) is -1.19. The molecule has 0 spiro atoms. The summed E-state index contributed by atoms with van der Waals surface area (Å²) in [4.78, 5) is 10.6. The molecule has 0 fully saturated rings. The normalized spacial score (nSPS) is 11.4. The molecule has 6 nitrogen and oxygen atoms in total. The van der Waals surface area contributed by atoms with Crippen LogP contribution >= 0.6 is 15.9 Å². The molecule has 17 heavy (non-hydrogen) atoms. The third-order valence-electron chi connectivity index (χ3n) is 1.90. The van der Waals surface area contributed by atoms with Crippen molar-refractivity contribution in [2.45, 2.75) is 4.90 Å². The summed E-state index contributed by atoms with van der Waals surface area (Å²) in [6, 6.07) is 3.78. The van der Waals surface area contributed by atoms with Gasteiger partial charge in [0.05, 0.1) is 10.5 Å². The molecule has 0 radical (unpaired) electrons. The second-order valence-corrected chi connectivity index (χ2v) is 5.73. The van der Waals surface area contributed by atoms with Crippen LogP contribution in [0, 0.1) is 0 Å². The highest BCUT2D eigenvalue weighted by atomic mass is 79.9. The number of hydrogen-bond donors (Lipinski definition) is 3. The zero-order valence-electron chi connectivity index (χ0n) is 8.68. The molecule has 0 aliphatic rings. The maximum absolute atomic E-state index is 11.8. The monoisotopic (exact) mass is 322 g/mol. The maximum Gasteiger partial charge on any atom is 0.335 e. The molecule has 0 atom stereocenters. The predicted octanol–water partition coefficient (Wildman–Crippen LogP) is 0.384. The summed E-state index contributed by atoms with van der Waals surface area (Å²) in [6.07, 6.45) is 0. The first kappa shape index (κ1) is 14.1. The number of nitrogens with one attached hydrogen (secondary N) is 1. The Hall–Kier alpha value is -0.960. The summed E-state index contributed by atoms with van der Waals surface area (Å²) in [5, 5.41) is 8.79. The zero-order valence-corrected chi connectivity index (χ0v) is 11.1. The summed E-state index contributed by atoms with van der Waals surface area (Å²) < 4.78 is 26.1. The Morgan fingerprint density at radius 2 is 2.12 bits per heavy atom. The minimum atomic E-state index is -3.75. The molecule has 0 bridgehead atoms. The quantitative estimate of drug-likeness (QED) is 0.726. The second kappa shape index (κ2) is 5.58. The summed E-state index contributed by atoms with van der Waals surface area (Å²) in [5.41, 5.74) is 5.10.